The summed E-state index contributed by atoms with van der Waals surface area (Å²) in [6, 6.07) is 16.5. The zero-order valence-electron chi connectivity index (χ0n) is 14.2. The van der Waals surface area contributed by atoms with Crippen LogP contribution >= 0.6 is 0 Å². The van der Waals surface area contributed by atoms with E-state index in [4.69, 9.17) is 4.74 Å². The number of ether oxygens (including phenoxy) is 1. The van der Waals surface area contributed by atoms with E-state index in [-0.39, 0.29) is 6.03 Å². The molecule has 2 amide bonds. The normalized spacial score (nSPS) is 12.5. The number of hydrogen-bond donors (Lipinski definition) is 2. The minimum Gasteiger partial charge on any atom is -0.457 e. The largest absolute Gasteiger partial charge is 0.457 e. The third kappa shape index (κ3) is 3.66. The van der Waals surface area contributed by atoms with E-state index in [0.29, 0.717) is 18.0 Å². The molecular weight excluding hydrogens is 330 g/mol. The van der Waals surface area contributed by atoms with Crippen LogP contribution in [0.2, 0.25) is 0 Å². The second-order valence-electron chi connectivity index (χ2n) is 6.04. The molecule has 2 aromatic carbocycles. The summed E-state index contributed by atoms with van der Waals surface area (Å²) in [5.41, 5.74) is 0.655. The number of amides is 2. The SMILES string of the molecule is O=C(NCc1nnc2n1CCC2)Nc1cccc(Oc2ccccc2)c1. The summed E-state index contributed by atoms with van der Waals surface area (Å²) < 4.78 is 7.84. The number of nitrogens with one attached hydrogen (secondary N) is 2. The molecule has 7 nitrogen and oxygen atoms in total. The van der Waals surface area contributed by atoms with Crippen molar-refractivity contribution in [1.82, 2.24) is 20.1 Å². The van der Waals surface area contributed by atoms with Gasteiger partial charge in [-0.3, -0.25) is 0 Å². The maximum absolute atomic E-state index is 12.2. The monoisotopic (exact) mass is 349 g/mol. The first-order chi connectivity index (χ1) is 12.8. The summed E-state index contributed by atoms with van der Waals surface area (Å²) in [7, 11) is 0. The fraction of sp³-hybridized carbons (Fsp3) is 0.211. The second kappa shape index (κ2) is 7.26. The lowest BCUT2D eigenvalue weighted by Gasteiger charge is -2.10. The van der Waals surface area contributed by atoms with Gasteiger partial charge in [0.25, 0.3) is 0 Å². The van der Waals surface area contributed by atoms with E-state index in [1.54, 1.807) is 6.07 Å². The molecule has 2 heterocycles. The highest BCUT2D eigenvalue weighted by molar-refractivity contribution is 5.89. The average molecular weight is 349 g/mol. The van der Waals surface area contributed by atoms with Gasteiger partial charge in [-0.2, -0.15) is 0 Å². The molecule has 0 fully saturated rings. The summed E-state index contributed by atoms with van der Waals surface area (Å²) >= 11 is 0. The van der Waals surface area contributed by atoms with Gasteiger partial charge in [0.2, 0.25) is 0 Å². The van der Waals surface area contributed by atoms with Crippen molar-refractivity contribution >= 4 is 11.7 Å². The molecule has 2 N–H and O–H groups in total. The summed E-state index contributed by atoms with van der Waals surface area (Å²) in [4.78, 5) is 12.2. The molecule has 26 heavy (non-hydrogen) atoms. The van der Waals surface area contributed by atoms with Crippen LogP contribution in [0.4, 0.5) is 10.5 Å². The molecule has 132 valence electrons. The van der Waals surface area contributed by atoms with Crippen LogP contribution in [0.3, 0.4) is 0 Å². The standard InChI is InChI=1S/C19H19N5O2/c25-19(20-13-18-23-22-17-10-5-11-24(17)18)21-14-6-4-9-16(12-14)26-15-7-2-1-3-8-15/h1-4,6-9,12H,5,10-11,13H2,(H2,20,21,25). The van der Waals surface area contributed by atoms with Crippen molar-refractivity contribution in [2.45, 2.75) is 25.9 Å². The molecule has 0 aliphatic carbocycles. The van der Waals surface area contributed by atoms with Gasteiger partial charge in [-0.05, 0) is 30.7 Å². The number of aryl methyl sites for hydroxylation is 1. The van der Waals surface area contributed by atoms with E-state index in [9.17, 15) is 4.79 Å². The highest BCUT2D eigenvalue weighted by Gasteiger charge is 2.17. The molecule has 0 bridgehead atoms. The van der Waals surface area contributed by atoms with E-state index >= 15 is 0 Å². The smallest absolute Gasteiger partial charge is 0.319 e. The van der Waals surface area contributed by atoms with Crippen LogP contribution in [0.25, 0.3) is 0 Å². The van der Waals surface area contributed by atoms with E-state index in [2.05, 4.69) is 25.4 Å². The van der Waals surface area contributed by atoms with Gasteiger partial charge in [0, 0.05) is 24.7 Å². The highest BCUT2D eigenvalue weighted by atomic mass is 16.5. The minimum absolute atomic E-state index is 0.294. The lowest BCUT2D eigenvalue weighted by atomic mass is 10.3. The topological polar surface area (TPSA) is 81.1 Å². The number of aromatic nitrogens is 3. The fourth-order valence-electron chi connectivity index (χ4n) is 2.94. The summed E-state index contributed by atoms with van der Waals surface area (Å²) in [6.45, 7) is 1.26. The number of carbonyl (C=O) groups excluding carboxylic acids is 1. The molecule has 0 saturated carbocycles. The Hall–Kier alpha value is -3.35. The first kappa shape index (κ1) is 16.1. The van der Waals surface area contributed by atoms with Crippen molar-refractivity contribution in [3.63, 3.8) is 0 Å². The molecule has 3 aromatic rings. The van der Waals surface area contributed by atoms with Crippen molar-refractivity contribution in [3.05, 3.63) is 66.2 Å². The number of para-hydroxylation sites is 1. The molecule has 0 spiro atoms. The van der Waals surface area contributed by atoms with Crippen LogP contribution in [0.5, 0.6) is 11.5 Å². The maximum Gasteiger partial charge on any atom is 0.319 e. The number of rotatable bonds is 5. The second-order valence-corrected chi connectivity index (χ2v) is 6.04. The minimum atomic E-state index is -0.294. The molecule has 1 aliphatic rings. The van der Waals surface area contributed by atoms with Crippen LogP contribution < -0.4 is 15.4 Å². The number of hydrogen-bond acceptors (Lipinski definition) is 4. The number of benzene rings is 2. The Morgan fingerprint density at radius 1 is 1.08 bits per heavy atom. The Morgan fingerprint density at radius 2 is 1.92 bits per heavy atom. The summed E-state index contributed by atoms with van der Waals surface area (Å²) in [5, 5.41) is 13.9. The molecule has 0 radical (unpaired) electrons. The van der Waals surface area contributed by atoms with Gasteiger partial charge in [0.15, 0.2) is 5.82 Å². The molecule has 1 aromatic heterocycles. The van der Waals surface area contributed by atoms with E-state index < -0.39 is 0 Å². The Balaban J connectivity index is 1.34. The quantitative estimate of drug-likeness (QED) is 0.740. The van der Waals surface area contributed by atoms with Crippen LogP contribution in [-0.4, -0.2) is 20.8 Å². The molecule has 7 heteroatoms. The molecule has 0 atom stereocenters. The summed E-state index contributed by atoms with van der Waals surface area (Å²) in [6.07, 6.45) is 2.03. The zero-order chi connectivity index (χ0) is 17.8. The van der Waals surface area contributed by atoms with Gasteiger partial charge >= 0.3 is 6.03 Å². The van der Waals surface area contributed by atoms with Gasteiger partial charge in [-0.1, -0.05) is 24.3 Å². The molecule has 4 rings (SSSR count). The first-order valence-electron chi connectivity index (χ1n) is 8.57. The Kier molecular flexibility index (Phi) is 4.51. The predicted octanol–water partition coefficient (Wildman–Crippen LogP) is 3.34. The van der Waals surface area contributed by atoms with Crippen LogP contribution in [0.1, 0.15) is 18.1 Å². The van der Waals surface area contributed by atoms with Crippen LogP contribution in [-0.2, 0) is 19.5 Å². The van der Waals surface area contributed by atoms with Gasteiger partial charge in [0.05, 0.1) is 6.54 Å². The van der Waals surface area contributed by atoms with Crippen molar-refractivity contribution in [2.24, 2.45) is 0 Å². The average Bonchev–Trinajstić information content (AvgIpc) is 3.25. The van der Waals surface area contributed by atoms with Crippen LogP contribution in [0, 0.1) is 0 Å². The van der Waals surface area contributed by atoms with Gasteiger partial charge in [-0.25, -0.2) is 4.79 Å². The lowest BCUT2D eigenvalue weighted by Crippen LogP contribution is -2.29. The predicted molar refractivity (Wildman–Crippen MR) is 97.2 cm³/mol. The lowest BCUT2D eigenvalue weighted by molar-refractivity contribution is 0.251. The molecule has 1 aliphatic heterocycles. The number of nitrogens with zero attached hydrogens (tertiary/aromatic N) is 3. The number of fused-ring (bicyclic) bond motifs is 1. The maximum atomic E-state index is 12.2. The van der Waals surface area contributed by atoms with Crippen molar-refractivity contribution in [2.75, 3.05) is 5.32 Å². The third-order valence-electron chi connectivity index (χ3n) is 4.16. The van der Waals surface area contributed by atoms with E-state index in [1.165, 1.54) is 0 Å². The first-order valence-corrected chi connectivity index (χ1v) is 8.57. The fourth-order valence-corrected chi connectivity index (χ4v) is 2.94. The number of anilines is 1. The number of carbonyl (C=O) groups is 1. The Morgan fingerprint density at radius 3 is 2.81 bits per heavy atom. The van der Waals surface area contributed by atoms with Crippen molar-refractivity contribution in [3.8, 4) is 11.5 Å². The highest BCUT2D eigenvalue weighted by Crippen LogP contribution is 2.23. The van der Waals surface area contributed by atoms with Crippen LogP contribution in [0.15, 0.2) is 54.6 Å². The van der Waals surface area contributed by atoms with Gasteiger partial charge in [0.1, 0.15) is 17.3 Å². The molecule has 0 saturated heterocycles. The van der Waals surface area contributed by atoms with Gasteiger partial charge in [-0.15, -0.1) is 10.2 Å². The third-order valence-corrected chi connectivity index (χ3v) is 4.16. The molecule has 0 unspecified atom stereocenters. The van der Waals surface area contributed by atoms with Gasteiger partial charge < -0.3 is 19.9 Å². The summed E-state index contributed by atoms with van der Waals surface area (Å²) in [5.74, 6) is 3.18. The Bertz CT molecular complexity index is 907. The van der Waals surface area contributed by atoms with E-state index in [1.807, 2.05) is 48.5 Å². The van der Waals surface area contributed by atoms with Crippen molar-refractivity contribution in [1.29, 1.82) is 0 Å². The van der Waals surface area contributed by atoms with E-state index in [0.717, 1.165) is 36.8 Å². The number of urea groups is 1. The molecular formula is C19H19N5O2. The van der Waals surface area contributed by atoms with Crippen molar-refractivity contribution < 1.29 is 9.53 Å². The zero-order valence-corrected chi connectivity index (χ0v) is 14.2. The Labute approximate surface area is 151 Å².